The van der Waals surface area contributed by atoms with Crippen molar-refractivity contribution in [1.82, 2.24) is 10.3 Å². The van der Waals surface area contributed by atoms with Gasteiger partial charge in [0.15, 0.2) is 0 Å². The third kappa shape index (κ3) is 4.49. The number of nitrogen functional groups attached to an aromatic ring is 1. The fourth-order valence-corrected chi connectivity index (χ4v) is 2.37. The number of ether oxygens (including phenoxy) is 1. The molecule has 0 aliphatic heterocycles. The molecule has 0 radical (unpaired) electrons. The average molecular weight is 354 g/mol. The van der Waals surface area contributed by atoms with Gasteiger partial charge >= 0.3 is 0 Å². The first-order valence-corrected chi connectivity index (χ1v) is 8.00. The molecule has 0 bridgehead atoms. The van der Waals surface area contributed by atoms with E-state index < -0.39 is 0 Å². The van der Waals surface area contributed by atoms with Gasteiger partial charge in [0.05, 0.1) is 10.6 Å². The molecular formula is C19H16ClN3O2. The Kier molecular flexibility index (Phi) is 5.16. The number of para-hydroxylation sites is 1. The molecule has 1 aromatic heterocycles. The number of carbonyl (C=O) groups excluding carboxylic acids is 1. The van der Waals surface area contributed by atoms with Crippen LogP contribution in [0.3, 0.4) is 0 Å². The van der Waals surface area contributed by atoms with Gasteiger partial charge in [0.25, 0.3) is 5.91 Å². The van der Waals surface area contributed by atoms with Gasteiger partial charge in [0.2, 0.25) is 0 Å². The van der Waals surface area contributed by atoms with Crippen molar-refractivity contribution in [2.24, 2.45) is 0 Å². The summed E-state index contributed by atoms with van der Waals surface area (Å²) >= 11 is 5.85. The Hall–Kier alpha value is -3.05. The molecule has 0 spiro atoms. The second-order valence-electron chi connectivity index (χ2n) is 5.33. The van der Waals surface area contributed by atoms with Gasteiger partial charge in [-0.15, -0.1) is 0 Å². The number of rotatable bonds is 5. The van der Waals surface area contributed by atoms with Crippen LogP contribution in [-0.4, -0.2) is 10.9 Å². The van der Waals surface area contributed by atoms with Crippen molar-refractivity contribution in [2.75, 3.05) is 5.73 Å². The first-order valence-electron chi connectivity index (χ1n) is 7.63. The molecular weight excluding hydrogens is 338 g/mol. The van der Waals surface area contributed by atoms with Crippen molar-refractivity contribution in [3.05, 3.63) is 83.0 Å². The summed E-state index contributed by atoms with van der Waals surface area (Å²) in [6, 6.07) is 18.5. The summed E-state index contributed by atoms with van der Waals surface area (Å²) in [5.41, 5.74) is 6.90. The molecule has 0 saturated heterocycles. The maximum Gasteiger partial charge on any atom is 0.255 e. The lowest BCUT2D eigenvalue weighted by molar-refractivity contribution is 0.0951. The van der Waals surface area contributed by atoms with E-state index in [-0.39, 0.29) is 17.3 Å². The van der Waals surface area contributed by atoms with Crippen molar-refractivity contribution < 1.29 is 9.53 Å². The molecule has 2 aromatic carbocycles. The Balaban J connectivity index is 1.60. The maximum atomic E-state index is 12.2. The highest BCUT2D eigenvalue weighted by atomic mass is 35.5. The number of pyridine rings is 1. The van der Waals surface area contributed by atoms with Gasteiger partial charge < -0.3 is 15.8 Å². The van der Waals surface area contributed by atoms with Gasteiger partial charge in [-0.1, -0.05) is 41.9 Å². The summed E-state index contributed by atoms with van der Waals surface area (Å²) in [5, 5.41) is 3.16. The molecule has 0 fully saturated rings. The monoisotopic (exact) mass is 353 g/mol. The fourth-order valence-electron chi connectivity index (χ4n) is 2.21. The van der Waals surface area contributed by atoms with Crippen LogP contribution < -0.4 is 15.8 Å². The highest BCUT2D eigenvalue weighted by Gasteiger charge is 2.11. The van der Waals surface area contributed by atoms with E-state index in [1.165, 1.54) is 12.3 Å². The molecule has 1 amide bonds. The number of benzene rings is 2. The Bertz CT molecular complexity index is 868. The van der Waals surface area contributed by atoms with Gasteiger partial charge in [-0.25, -0.2) is 4.98 Å². The van der Waals surface area contributed by atoms with Crippen LogP contribution in [0.15, 0.2) is 66.9 Å². The van der Waals surface area contributed by atoms with Crippen molar-refractivity contribution in [2.45, 2.75) is 6.54 Å². The zero-order valence-electron chi connectivity index (χ0n) is 13.3. The van der Waals surface area contributed by atoms with Gasteiger partial charge in [-0.2, -0.15) is 0 Å². The Morgan fingerprint density at radius 2 is 1.76 bits per heavy atom. The number of anilines is 1. The van der Waals surface area contributed by atoms with Crippen molar-refractivity contribution >= 4 is 23.3 Å². The minimum Gasteiger partial charge on any atom is -0.457 e. The second-order valence-corrected chi connectivity index (χ2v) is 5.76. The molecule has 0 aliphatic rings. The molecule has 5 nitrogen and oxygen atoms in total. The Labute approximate surface area is 150 Å². The smallest absolute Gasteiger partial charge is 0.255 e. The molecule has 0 aliphatic carbocycles. The molecule has 6 heteroatoms. The van der Waals surface area contributed by atoms with E-state index in [1.54, 1.807) is 0 Å². The number of hydrogen-bond acceptors (Lipinski definition) is 4. The summed E-state index contributed by atoms with van der Waals surface area (Å²) in [4.78, 5) is 16.1. The van der Waals surface area contributed by atoms with Crippen LogP contribution >= 0.6 is 11.6 Å². The number of nitrogens with one attached hydrogen (secondary N) is 1. The van der Waals surface area contributed by atoms with Crippen LogP contribution in [0.1, 0.15) is 15.9 Å². The summed E-state index contributed by atoms with van der Waals surface area (Å²) in [7, 11) is 0. The number of nitrogens with two attached hydrogens (primary N) is 1. The lowest BCUT2D eigenvalue weighted by atomic mass is 10.2. The SMILES string of the molecule is Nc1ncc(Cl)cc1C(=O)NCc1ccc(Oc2ccccc2)cc1. The van der Waals surface area contributed by atoms with Gasteiger partial charge in [-0.3, -0.25) is 4.79 Å². The topological polar surface area (TPSA) is 77.2 Å². The first-order chi connectivity index (χ1) is 12.1. The normalized spacial score (nSPS) is 10.3. The maximum absolute atomic E-state index is 12.2. The quantitative estimate of drug-likeness (QED) is 0.725. The number of halogens is 1. The molecule has 3 rings (SSSR count). The van der Waals surface area contributed by atoms with Crippen LogP contribution in [0.5, 0.6) is 11.5 Å². The predicted molar refractivity (Wildman–Crippen MR) is 97.8 cm³/mol. The number of nitrogens with zero attached hydrogens (tertiary/aromatic N) is 1. The lowest BCUT2D eigenvalue weighted by Gasteiger charge is -2.09. The van der Waals surface area contributed by atoms with E-state index in [0.29, 0.717) is 11.6 Å². The lowest BCUT2D eigenvalue weighted by Crippen LogP contribution is -2.24. The van der Waals surface area contributed by atoms with E-state index in [9.17, 15) is 4.79 Å². The summed E-state index contributed by atoms with van der Waals surface area (Å²) in [6.45, 7) is 0.358. The number of carbonyl (C=O) groups is 1. The van der Waals surface area contributed by atoms with Crippen molar-refractivity contribution in [3.8, 4) is 11.5 Å². The van der Waals surface area contributed by atoms with Crippen LogP contribution in [-0.2, 0) is 6.54 Å². The highest BCUT2D eigenvalue weighted by Crippen LogP contribution is 2.21. The van der Waals surface area contributed by atoms with E-state index in [4.69, 9.17) is 22.1 Å². The van der Waals surface area contributed by atoms with E-state index in [0.717, 1.165) is 17.1 Å². The summed E-state index contributed by atoms with van der Waals surface area (Å²) in [6.07, 6.45) is 1.40. The Morgan fingerprint density at radius 1 is 1.08 bits per heavy atom. The molecule has 3 aromatic rings. The molecule has 3 N–H and O–H groups in total. The number of amides is 1. The van der Waals surface area contributed by atoms with Gasteiger partial charge in [0, 0.05) is 12.7 Å². The third-order valence-electron chi connectivity index (χ3n) is 3.49. The van der Waals surface area contributed by atoms with E-state index >= 15 is 0 Å². The van der Waals surface area contributed by atoms with E-state index in [1.807, 2.05) is 54.6 Å². The fraction of sp³-hybridized carbons (Fsp3) is 0.0526. The van der Waals surface area contributed by atoms with Crippen LogP contribution in [0.4, 0.5) is 5.82 Å². The zero-order valence-corrected chi connectivity index (χ0v) is 14.0. The van der Waals surface area contributed by atoms with Crippen molar-refractivity contribution in [1.29, 1.82) is 0 Å². The molecule has 0 atom stereocenters. The molecule has 25 heavy (non-hydrogen) atoms. The number of aromatic nitrogens is 1. The minimum absolute atomic E-state index is 0.147. The standard InChI is InChI=1S/C19H16ClN3O2/c20-14-10-17(18(21)22-12-14)19(24)23-11-13-6-8-16(9-7-13)25-15-4-2-1-3-5-15/h1-10,12H,11H2,(H2,21,22)(H,23,24). The molecule has 126 valence electrons. The van der Waals surface area contributed by atoms with Crippen LogP contribution in [0, 0.1) is 0 Å². The number of hydrogen-bond donors (Lipinski definition) is 2. The first kappa shape index (κ1) is 16.8. The minimum atomic E-state index is -0.322. The second kappa shape index (κ2) is 7.68. The highest BCUT2D eigenvalue weighted by molar-refractivity contribution is 6.31. The molecule has 1 heterocycles. The molecule has 0 unspecified atom stereocenters. The largest absolute Gasteiger partial charge is 0.457 e. The Morgan fingerprint density at radius 3 is 2.48 bits per heavy atom. The van der Waals surface area contributed by atoms with Crippen LogP contribution in [0.25, 0.3) is 0 Å². The zero-order chi connectivity index (χ0) is 17.6. The summed E-state index contributed by atoms with van der Waals surface area (Å²) < 4.78 is 5.73. The average Bonchev–Trinajstić information content (AvgIpc) is 2.64. The third-order valence-corrected chi connectivity index (χ3v) is 3.69. The van der Waals surface area contributed by atoms with Crippen LogP contribution in [0.2, 0.25) is 5.02 Å². The van der Waals surface area contributed by atoms with Gasteiger partial charge in [0.1, 0.15) is 17.3 Å². The molecule has 0 saturated carbocycles. The van der Waals surface area contributed by atoms with E-state index in [2.05, 4.69) is 10.3 Å². The van der Waals surface area contributed by atoms with Gasteiger partial charge in [-0.05, 0) is 35.9 Å². The summed E-state index contributed by atoms with van der Waals surface area (Å²) in [5.74, 6) is 1.32. The van der Waals surface area contributed by atoms with Crippen molar-refractivity contribution in [3.63, 3.8) is 0 Å². The predicted octanol–water partition coefficient (Wildman–Crippen LogP) is 4.04.